The Kier molecular flexibility index (Phi) is 5.54. The molecule has 0 bridgehead atoms. The van der Waals surface area contributed by atoms with Gasteiger partial charge in [0.25, 0.3) is 5.91 Å². The number of hydrogen-bond acceptors (Lipinski definition) is 4. The Bertz CT molecular complexity index is 919. The minimum absolute atomic E-state index is 0.0660. The smallest absolute Gasteiger partial charge is 0.257 e. The van der Waals surface area contributed by atoms with Crippen LogP contribution in [-0.4, -0.2) is 39.7 Å². The van der Waals surface area contributed by atoms with Gasteiger partial charge in [-0.05, 0) is 35.7 Å². The fraction of sp³-hybridized carbons (Fsp3) is 0.286. The second-order valence-electron chi connectivity index (χ2n) is 6.71. The van der Waals surface area contributed by atoms with E-state index in [9.17, 15) is 4.79 Å². The molecule has 27 heavy (non-hydrogen) atoms. The lowest BCUT2D eigenvalue weighted by molar-refractivity contribution is 0.0783. The Morgan fingerprint density at radius 1 is 1.22 bits per heavy atom. The molecule has 0 radical (unpaired) electrons. The Labute approximate surface area is 159 Å². The van der Waals surface area contributed by atoms with Gasteiger partial charge >= 0.3 is 0 Å². The van der Waals surface area contributed by atoms with Crippen molar-refractivity contribution in [1.29, 1.82) is 0 Å². The Balaban J connectivity index is 1.89. The highest BCUT2D eigenvalue weighted by Gasteiger charge is 2.23. The molecule has 0 saturated heterocycles. The summed E-state index contributed by atoms with van der Waals surface area (Å²) in [6.07, 6.45) is 3.35. The normalized spacial score (nSPS) is 10.9. The van der Waals surface area contributed by atoms with Crippen LogP contribution in [0.3, 0.4) is 0 Å². The number of aromatic nitrogens is 3. The first-order valence-electron chi connectivity index (χ1n) is 8.89. The van der Waals surface area contributed by atoms with Crippen LogP contribution in [0.15, 0.2) is 54.9 Å². The number of carbonyl (C=O) groups excluding carboxylic acids is 1. The SMILES string of the molecule is COc1cccc(CN(C)C(=O)c2cnn(-c3ccccn3)c2C(C)C)c1. The first kappa shape index (κ1) is 18.6. The molecule has 3 rings (SSSR count). The van der Waals surface area contributed by atoms with Gasteiger partial charge in [0.1, 0.15) is 5.75 Å². The minimum Gasteiger partial charge on any atom is -0.497 e. The van der Waals surface area contributed by atoms with Gasteiger partial charge in [0, 0.05) is 19.8 Å². The number of methoxy groups -OCH3 is 1. The average molecular weight is 364 g/mol. The summed E-state index contributed by atoms with van der Waals surface area (Å²) in [6.45, 7) is 4.59. The third kappa shape index (κ3) is 4.00. The number of ether oxygens (including phenoxy) is 1. The predicted molar refractivity (Wildman–Crippen MR) is 104 cm³/mol. The van der Waals surface area contributed by atoms with Gasteiger partial charge in [0.15, 0.2) is 5.82 Å². The summed E-state index contributed by atoms with van der Waals surface area (Å²) in [5.41, 5.74) is 2.46. The van der Waals surface area contributed by atoms with E-state index in [1.807, 2.05) is 42.5 Å². The molecule has 0 fully saturated rings. The largest absolute Gasteiger partial charge is 0.497 e. The van der Waals surface area contributed by atoms with Crippen molar-refractivity contribution in [2.24, 2.45) is 0 Å². The van der Waals surface area contributed by atoms with Gasteiger partial charge in [0.2, 0.25) is 0 Å². The number of benzene rings is 1. The van der Waals surface area contributed by atoms with Crippen LogP contribution in [0.5, 0.6) is 5.75 Å². The Morgan fingerprint density at radius 3 is 2.70 bits per heavy atom. The van der Waals surface area contributed by atoms with Crippen LogP contribution in [0.1, 0.15) is 41.4 Å². The highest BCUT2D eigenvalue weighted by Crippen LogP contribution is 2.24. The van der Waals surface area contributed by atoms with Crippen molar-refractivity contribution in [2.75, 3.05) is 14.2 Å². The fourth-order valence-corrected chi connectivity index (χ4v) is 3.06. The molecule has 0 aliphatic carbocycles. The standard InChI is InChI=1S/C21H24N4O2/c1-15(2)20-18(13-23-25(20)19-10-5-6-11-22-19)21(26)24(3)14-16-8-7-9-17(12-16)27-4/h5-13,15H,14H2,1-4H3. The Morgan fingerprint density at radius 2 is 2.04 bits per heavy atom. The maximum atomic E-state index is 13.1. The molecule has 1 aromatic carbocycles. The molecule has 0 saturated carbocycles. The van der Waals surface area contributed by atoms with Gasteiger partial charge in [-0.25, -0.2) is 9.67 Å². The van der Waals surface area contributed by atoms with E-state index in [2.05, 4.69) is 23.9 Å². The van der Waals surface area contributed by atoms with Gasteiger partial charge in [-0.2, -0.15) is 5.10 Å². The molecular weight excluding hydrogens is 340 g/mol. The molecule has 2 aromatic heterocycles. The Hall–Kier alpha value is -3.15. The lowest BCUT2D eigenvalue weighted by Gasteiger charge is -2.19. The van der Waals surface area contributed by atoms with Crippen molar-refractivity contribution in [2.45, 2.75) is 26.3 Å². The predicted octanol–water partition coefficient (Wildman–Crippen LogP) is 3.67. The van der Waals surface area contributed by atoms with Crippen molar-refractivity contribution in [3.05, 3.63) is 71.7 Å². The minimum atomic E-state index is -0.0660. The van der Waals surface area contributed by atoms with E-state index in [0.29, 0.717) is 17.9 Å². The van der Waals surface area contributed by atoms with Crippen molar-refractivity contribution < 1.29 is 9.53 Å². The zero-order valence-electron chi connectivity index (χ0n) is 16.1. The molecule has 0 aliphatic heterocycles. The summed E-state index contributed by atoms with van der Waals surface area (Å²) in [7, 11) is 3.43. The number of pyridine rings is 1. The molecule has 0 aliphatic rings. The lowest BCUT2D eigenvalue weighted by atomic mass is 10.0. The molecular formula is C21H24N4O2. The summed E-state index contributed by atoms with van der Waals surface area (Å²) in [4.78, 5) is 19.1. The van der Waals surface area contributed by atoms with Crippen molar-refractivity contribution in [3.8, 4) is 11.6 Å². The summed E-state index contributed by atoms with van der Waals surface area (Å²) < 4.78 is 7.01. The highest BCUT2D eigenvalue weighted by atomic mass is 16.5. The van der Waals surface area contributed by atoms with Gasteiger partial charge in [0.05, 0.1) is 24.6 Å². The molecule has 0 N–H and O–H groups in total. The number of amides is 1. The second-order valence-corrected chi connectivity index (χ2v) is 6.71. The topological polar surface area (TPSA) is 60.2 Å². The molecule has 2 heterocycles. The van der Waals surface area contributed by atoms with Crippen LogP contribution < -0.4 is 4.74 Å². The third-order valence-electron chi connectivity index (χ3n) is 4.35. The van der Waals surface area contributed by atoms with Crippen LogP contribution in [-0.2, 0) is 6.54 Å². The first-order chi connectivity index (χ1) is 13.0. The van der Waals surface area contributed by atoms with E-state index in [-0.39, 0.29) is 11.8 Å². The van der Waals surface area contributed by atoms with E-state index < -0.39 is 0 Å². The second kappa shape index (κ2) is 8.03. The van der Waals surface area contributed by atoms with Crippen LogP contribution in [0, 0.1) is 0 Å². The summed E-state index contributed by atoms with van der Waals surface area (Å²) in [6, 6.07) is 13.4. The molecule has 0 spiro atoms. The number of hydrogen-bond donors (Lipinski definition) is 0. The zero-order chi connectivity index (χ0) is 19.4. The maximum Gasteiger partial charge on any atom is 0.257 e. The van der Waals surface area contributed by atoms with E-state index in [4.69, 9.17) is 4.74 Å². The molecule has 6 nitrogen and oxygen atoms in total. The van der Waals surface area contributed by atoms with Gasteiger partial charge in [-0.15, -0.1) is 0 Å². The van der Waals surface area contributed by atoms with Crippen molar-refractivity contribution in [3.63, 3.8) is 0 Å². The van der Waals surface area contributed by atoms with Gasteiger partial charge < -0.3 is 9.64 Å². The van der Waals surface area contributed by atoms with Crippen LogP contribution >= 0.6 is 0 Å². The number of nitrogens with zero attached hydrogens (tertiary/aromatic N) is 4. The van der Waals surface area contributed by atoms with Gasteiger partial charge in [-0.1, -0.05) is 32.0 Å². The lowest BCUT2D eigenvalue weighted by Crippen LogP contribution is -2.27. The van der Waals surface area contributed by atoms with E-state index in [1.165, 1.54) is 0 Å². The average Bonchev–Trinajstić information content (AvgIpc) is 3.13. The highest BCUT2D eigenvalue weighted by molar-refractivity contribution is 5.95. The number of carbonyl (C=O) groups is 1. The monoisotopic (exact) mass is 364 g/mol. The van der Waals surface area contributed by atoms with Crippen molar-refractivity contribution in [1.82, 2.24) is 19.7 Å². The molecule has 0 unspecified atom stereocenters. The molecule has 0 atom stereocenters. The molecule has 3 aromatic rings. The van der Waals surface area contributed by atoms with Crippen LogP contribution in [0.2, 0.25) is 0 Å². The van der Waals surface area contributed by atoms with Crippen LogP contribution in [0.25, 0.3) is 5.82 Å². The first-order valence-corrected chi connectivity index (χ1v) is 8.89. The van der Waals surface area contributed by atoms with E-state index in [0.717, 1.165) is 17.0 Å². The zero-order valence-corrected chi connectivity index (χ0v) is 16.1. The van der Waals surface area contributed by atoms with Crippen molar-refractivity contribution >= 4 is 5.91 Å². The molecule has 6 heteroatoms. The molecule has 140 valence electrons. The van der Waals surface area contributed by atoms with E-state index >= 15 is 0 Å². The third-order valence-corrected chi connectivity index (χ3v) is 4.35. The summed E-state index contributed by atoms with van der Waals surface area (Å²) in [5, 5.41) is 4.43. The maximum absolute atomic E-state index is 13.1. The quantitative estimate of drug-likeness (QED) is 0.670. The fourth-order valence-electron chi connectivity index (χ4n) is 3.06. The van der Waals surface area contributed by atoms with E-state index in [1.54, 1.807) is 36.1 Å². The number of rotatable bonds is 6. The molecule has 1 amide bonds. The van der Waals surface area contributed by atoms with Crippen LogP contribution in [0.4, 0.5) is 0 Å². The summed E-state index contributed by atoms with van der Waals surface area (Å²) >= 11 is 0. The summed E-state index contributed by atoms with van der Waals surface area (Å²) in [5.74, 6) is 1.54. The van der Waals surface area contributed by atoms with Gasteiger partial charge in [-0.3, -0.25) is 4.79 Å².